The number of halogens is 1. The Morgan fingerprint density at radius 1 is 1.31 bits per heavy atom. The first-order valence-electron chi connectivity index (χ1n) is 4.05. The molecule has 2 amide bonds. The fraction of sp³-hybridized carbons (Fsp3) is 0.222. The van der Waals surface area contributed by atoms with Crippen molar-refractivity contribution in [3.05, 3.63) is 34.9 Å². The highest BCUT2D eigenvalue weighted by atomic mass is 35.5. The van der Waals surface area contributed by atoms with Gasteiger partial charge in [0, 0.05) is 11.6 Å². The van der Waals surface area contributed by atoms with Gasteiger partial charge in [-0.1, -0.05) is 23.7 Å². The summed E-state index contributed by atoms with van der Waals surface area (Å²) in [4.78, 5) is 10.8. The lowest BCUT2D eigenvalue weighted by Crippen LogP contribution is -2.21. The molecule has 1 atom stereocenters. The summed E-state index contributed by atoms with van der Waals surface area (Å²) in [6.45, 7) is 0.639. The topological polar surface area (TPSA) is 41.1 Å². The first-order valence-corrected chi connectivity index (χ1v) is 4.43. The molecule has 0 saturated carbocycles. The summed E-state index contributed by atoms with van der Waals surface area (Å²) < 4.78 is 0. The Bertz CT molecular complexity index is 323. The molecule has 1 fully saturated rings. The smallest absolute Gasteiger partial charge is 0.315 e. The van der Waals surface area contributed by atoms with Crippen LogP contribution in [0.4, 0.5) is 4.79 Å². The monoisotopic (exact) mass is 196 g/mol. The Hall–Kier alpha value is -1.22. The fourth-order valence-corrected chi connectivity index (χ4v) is 1.48. The largest absolute Gasteiger partial charge is 0.336 e. The highest BCUT2D eigenvalue weighted by Crippen LogP contribution is 2.17. The minimum atomic E-state index is -0.111. The zero-order valence-electron chi connectivity index (χ0n) is 6.88. The number of hydrogen-bond donors (Lipinski definition) is 2. The molecule has 1 aromatic rings. The van der Waals surface area contributed by atoms with Crippen LogP contribution in [0.1, 0.15) is 11.6 Å². The minimum Gasteiger partial charge on any atom is -0.336 e. The number of carbonyl (C=O) groups excluding carboxylic acids is 1. The molecule has 0 spiro atoms. The molecule has 0 radical (unpaired) electrons. The Morgan fingerprint density at radius 2 is 2.00 bits per heavy atom. The lowest BCUT2D eigenvalue weighted by atomic mass is 10.1. The van der Waals surface area contributed by atoms with Crippen LogP contribution in [0.25, 0.3) is 0 Å². The average molecular weight is 197 g/mol. The molecular weight excluding hydrogens is 188 g/mol. The van der Waals surface area contributed by atoms with Crippen LogP contribution in [0.5, 0.6) is 0 Å². The Morgan fingerprint density at radius 3 is 2.54 bits per heavy atom. The van der Waals surface area contributed by atoms with Crippen molar-refractivity contribution >= 4 is 17.6 Å². The van der Waals surface area contributed by atoms with Crippen molar-refractivity contribution in [2.45, 2.75) is 6.04 Å². The molecule has 13 heavy (non-hydrogen) atoms. The van der Waals surface area contributed by atoms with Gasteiger partial charge < -0.3 is 10.6 Å². The van der Waals surface area contributed by atoms with Crippen molar-refractivity contribution in [3.63, 3.8) is 0 Å². The van der Waals surface area contributed by atoms with E-state index in [1.165, 1.54) is 0 Å². The third-order valence-electron chi connectivity index (χ3n) is 2.04. The van der Waals surface area contributed by atoms with E-state index in [0.29, 0.717) is 11.6 Å². The molecule has 1 saturated heterocycles. The van der Waals surface area contributed by atoms with E-state index in [0.717, 1.165) is 5.56 Å². The first kappa shape index (κ1) is 8.38. The molecule has 0 aromatic heterocycles. The summed E-state index contributed by atoms with van der Waals surface area (Å²) in [6.07, 6.45) is 0. The van der Waals surface area contributed by atoms with Crippen molar-refractivity contribution in [1.82, 2.24) is 10.6 Å². The molecule has 1 aromatic carbocycles. The zero-order chi connectivity index (χ0) is 9.26. The molecule has 2 N–H and O–H groups in total. The summed E-state index contributed by atoms with van der Waals surface area (Å²) >= 11 is 5.74. The van der Waals surface area contributed by atoms with Gasteiger partial charge in [-0.3, -0.25) is 0 Å². The Labute approximate surface area is 81.1 Å². The Kier molecular flexibility index (Phi) is 2.10. The molecule has 1 aliphatic heterocycles. The van der Waals surface area contributed by atoms with Gasteiger partial charge in [0.15, 0.2) is 0 Å². The van der Waals surface area contributed by atoms with Crippen LogP contribution in [0.15, 0.2) is 24.3 Å². The maximum absolute atomic E-state index is 10.8. The molecule has 0 bridgehead atoms. The highest BCUT2D eigenvalue weighted by Gasteiger charge is 2.20. The summed E-state index contributed by atoms with van der Waals surface area (Å²) in [6, 6.07) is 7.44. The number of urea groups is 1. The molecule has 2 rings (SSSR count). The van der Waals surface area contributed by atoms with E-state index in [1.54, 1.807) is 0 Å². The minimum absolute atomic E-state index is 0.0739. The predicted octanol–water partition coefficient (Wildman–Crippen LogP) is 1.69. The number of hydrogen-bond acceptors (Lipinski definition) is 1. The third kappa shape index (κ3) is 1.75. The molecule has 0 unspecified atom stereocenters. The van der Waals surface area contributed by atoms with Crippen molar-refractivity contribution in [2.75, 3.05) is 6.54 Å². The second-order valence-corrected chi connectivity index (χ2v) is 3.39. The number of rotatable bonds is 1. The quantitative estimate of drug-likeness (QED) is 0.705. The van der Waals surface area contributed by atoms with E-state index in [1.807, 2.05) is 24.3 Å². The van der Waals surface area contributed by atoms with Crippen molar-refractivity contribution < 1.29 is 4.79 Å². The summed E-state index contributed by atoms with van der Waals surface area (Å²) in [5.41, 5.74) is 1.07. The van der Waals surface area contributed by atoms with Crippen molar-refractivity contribution in [1.29, 1.82) is 0 Å². The van der Waals surface area contributed by atoms with E-state index in [9.17, 15) is 4.79 Å². The van der Waals surface area contributed by atoms with Crippen LogP contribution >= 0.6 is 11.6 Å². The second kappa shape index (κ2) is 3.26. The van der Waals surface area contributed by atoms with Gasteiger partial charge in [0.1, 0.15) is 0 Å². The summed E-state index contributed by atoms with van der Waals surface area (Å²) in [7, 11) is 0. The van der Waals surface area contributed by atoms with Gasteiger partial charge in [-0.05, 0) is 17.7 Å². The van der Waals surface area contributed by atoms with E-state index in [2.05, 4.69) is 10.6 Å². The van der Waals surface area contributed by atoms with Crippen LogP contribution < -0.4 is 10.6 Å². The van der Waals surface area contributed by atoms with Gasteiger partial charge in [-0.2, -0.15) is 0 Å². The lowest BCUT2D eigenvalue weighted by Gasteiger charge is -2.07. The van der Waals surface area contributed by atoms with Crippen LogP contribution in [0.3, 0.4) is 0 Å². The van der Waals surface area contributed by atoms with E-state index >= 15 is 0 Å². The molecule has 3 nitrogen and oxygen atoms in total. The van der Waals surface area contributed by atoms with Gasteiger partial charge in [-0.15, -0.1) is 0 Å². The fourth-order valence-electron chi connectivity index (χ4n) is 1.35. The van der Waals surface area contributed by atoms with Crippen LogP contribution in [0, 0.1) is 0 Å². The summed E-state index contributed by atoms with van der Waals surface area (Å²) in [5, 5.41) is 6.21. The van der Waals surface area contributed by atoms with Crippen LogP contribution in [0.2, 0.25) is 5.02 Å². The summed E-state index contributed by atoms with van der Waals surface area (Å²) in [5.74, 6) is 0. The van der Waals surface area contributed by atoms with Crippen molar-refractivity contribution in [3.8, 4) is 0 Å². The van der Waals surface area contributed by atoms with Crippen molar-refractivity contribution in [2.24, 2.45) is 0 Å². The van der Waals surface area contributed by atoms with Gasteiger partial charge >= 0.3 is 6.03 Å². The normalized spacial score (nSPS) is 21.0. The first-order chi connectivity index (χ1) is 6.25. The van der Waals surface area contributed by atoms with Crippen LogP contribution in [-0.2, 0) is 0 Å². The zero-order valence-corrected chi connectivity index (χ0v) is 7.64. The van der Waals surface area contributed by atoms with Gasteiger partial charge in [0.05, 0.1) is 6.04 Å². The number of amides is 2. The maximum atomic E-state index is 10.8. The second-order valence-electron chi connectivity index (χ2n) is 2.96. The maximum Gasteiger partial charge on any atom is 0.315 e. The predicted molar refractivity (Wildman–Crippen MR) is 50.7 cm³/mol. The lowest BCUT2D eigenvalue weighted by molar-refractivity contribution is 0.247. The number of nitrogens with one attached hydrogen (secondary N) is 2. The highest BCUT2D eigenvalue weighted by molar-refractivity contribution is 6.30. The van der Waals surface area contributed by atoms with E-state index in [-0.39, 0.29) is 12.1 Å². The van der Waals surface area contributed by atoms with Gasteiger partial charge in [0.25, 0.3) is 0 Å². The van der Waals surface area contributed by atoms with E-state index in [4.69, 9.17) is 11.6 Å². The standard InChI is InChI=1S/C9H9ClN2O/c10-7-3-1-6(2-4-7)8-5-11-9(13)12-8/h1-4,8H,5H2,(H2,11,12,13)/t8-/m0/s1. The molecule has 1 heterocycles. The third-order valence-corrected chi connectivity index (χ3v) is 2.30. The molecule has 1 aliphatic rings. The SMILES string of the molecule is O=C1NC[C@@H](c2ccc(Cl)cc2)N1. The molecule has 0 aliphatic carbocycles. The van der Waals surface area contributed by atoms with Gasteiger partial charge in [0.2, 0.25) is 0 Å². The molecular formula is C9H9ClN2O. The van der Waals surface area contributed by atoms with Gasteiger partial charge in [-0.25, -0.2) is 4.79 Å². The number of carbonyl (C=O) groups is 1. The average Bonchev–Trinajstić information content (AvgIpc) is 2.53. The number of benzene rings is 1. The Balaban J connectivity index is 2.17. The molecule has 4 heteroatoms. The molecule has 68 valence electrons. The van der Waals surface area contributed by atoms with E-state index < -0.39 is 0 Å². The van der Waals surface area contributed by atoms with Crippen LogP contribution in [-0.4, -0.2) is 12.6 Å².